The molecule has 1 aliphatic rings. The molecule has 156 valence electrons. The molecule has 0 spiro atoms. The van der Waals surface area contributed by atoms with Gasteiger partial charge in [0, 0.05) is 24.3 Å². The van der Waals surface area contributed by atoms with Crippen molar-refractivity contribution in [2.24, 2.45) is 0 Å². The SMILES string of the molecule is CC[C@H](C)c1ccccc1NC(=O)c1cc(S(=O)(=O)N2CCOCC2)ccc1C. The third-order valence-corrected chi connectivity index (χ3v) is 7.31. The van der Waals surface area contributed by atoms with Crippen molar-refractivity contribution in [2.75, 3.05) is 31.6 Å². The lowest BCUT2D eigenvalue weighted by Gasteiger charge is -2.26. The molecule has 0 radical (unpaired) electrons. The highest BCUT2D eigenvalue weighted by Gasteiger charge is 2.27. The van der Waals surface area contributed by atoms with Gasteiger partial charge in [-0.1, -0.05) is 38.1 Å². The number of nitrogens with zero attached hydrogens (tertiary/aromatic N) is 1. The number of rotatable bonds is 6. The van der Waals surface area contributed by atoms with Crippen LogP contribution in [-0.2, 0) is 14.8 Å². The molecule has 1 fully saturated rings. The number of ether oxygens (including phenoxy) is 1. The van der Waals surface area contributed by atoms with Crippen LogP contribution in [0.2, 0.25) is 0 Å². The first-order valence-corrected chi connectivity index (χ1v) is 11.4. The highest BCUT2D eigenvalue weighted by molar-refractivity contribution is 7.89. The zero-order valence-electron chi connectivity index (χ0n) is 17.1. The van der Waals surface area contributed by atoms with Crippen molar-refractivity contribution in [2.45, 2.75) is 38.0 Å². The molecule has 0 unspecified atom stereocenters. The van der Waals surface area contributed by atoms with Gasteiger partial charge in [-0.2, -0.15) is 4.31 Å². The molecule has 7 heteroatoms. The van der Waals surface area contributed by atoms with Gasteiger partial charge in [0.15, 0.2) is 0 Å². The molecular formula is C22H28N2O4S. The van der Waals surface area contributed by atoms with E-state index in [-0.39, 0.29) is 10.8 Å². The summed E-state index contributed by atoms with van der Waals surface area (Å²) in [7, 11) is -3.66. The van der Waals surface area contributed by atoms with Crippen LogP contribution in [0.15, 0.2) is 47.4 Å². The number of amides is 1. The average molecular weight is 417 g/mol. The van der Waals surface area contributed by atoms with Crippen LogP contribution < -0.4 is 5.32 Å². The van der Waals surface area contributed by atoms with Crippen molar-refractivity contribution >= 4 is 21.6 Å². The Morgan fingerprint density at radius 3 is 2.55 bits per heavy atom. The van der Waals surface area contributed by atoms with E-state index >= 15 is 0 Å². The van der Waals surface area contributed by atoms with Gasteiger partial charge < -0.3 is 10.1 Å². The van der Waals surface area contributed by atoms with Gasteiger partial charge >= 0.3 is 0 Å². The summed E-state index contributed by atoms with van der Waals surface area (Å²) in [5, 5.41) is 2.97. The molecule has 1 aliphatic heterocycles. The lowest BCUT2D eigenvalue weighted by molar-refractivity contribution is 0.0730. The second-order valence-electron chi connectivity index (χ2n) is 7.34. The van der Waals surface area contributed by atoms with Crippen molar-refractivity contribution in [3.63, 3.8) is 0 Å². The molecule has 1 amide bonds. The minimum absolute atomic E-state index is 0.130. The zero-order chi connectivity index (χ0) is 21.0. The van der Waals surface area contributed by atoms with Crippen LogP contribution in [0.3, 0.4) is 0 Å². The Balaban J connectivity index is 1.90. The van der Waals surface area contributed by atoms with Gasteiger partial charge in [0.2, 0.25) is 10.0 Å². The molecule has 2 aromatic rings. The summed E-state index contributed by atoms with van der Waals surface area (Å²) in [5.41, 5.74) is 2.91. The molecular weight excluding hydrogens is 388 g/mol. The number of para-hydroxylation sites is 1. The number of hydrogen-bond acceptors (Lipinski definition) is 4. The number of nitrogens with one attached hydrogen (secondary N) is 1. The van der Waals surface area contributed by atoms with E-state index < -0.39 is 10.0 Å². The minimum Gasteiger partial charge on any atom is -0.379 e. The summed E-state index contributed by atoms with van der Waals surface area (Å²) in [6, 6.07) is 12.4. The molecule has 29 heavy (non-hydrogen) atoms. The second kappa shape index (κ2) is 9.07. The third-order valence-electron chi connectivity index (χ3n) is 5.41. The smallest absolute Gasteiger partial charge is 0.255 e. The fraction of sp³-hybridized carbons (Fsp3) is 0.409. The maximum absolute atomic E-state index is 13.0. The first kappa shape index (κ1) is 21.5. The predicted octanol–water partition coefficient (Wildman–Crippen LogP) is 3.78. The highest BCUT2D eigenvalue weighted by atomic mass is 32.2. The Bertz CT molecular complexity index is 982. The van der Waals surface area contributed by atoms with Crippen molar-refractivity contribution in [3.8, 4) is 0 Å². The number of benzene rings is 2. The van der Waals surface area contributed by atoms with Gasteiger partial charge in [-0.15, -0.1) is 0 Å². The summed E-state index contributed by atoms with van der Waals surface area (Å²) in [6.45, 7) is 7.43. The second-order valence-corrected chi connectivity index (χ2v) is 9.28. The lowest BCUT2D eigenvalue weighted by atomic mass is 9.96. The van der Waals surface area contributed by atoms with Crippen LogP contribution in [0, 0.1) is 6.92 Å². The summed E-state index contributed by atoms with van der Waals surface area (Å²) < 4.78 is 32.6. The largest absolute Gasteiger partial charge is 0.379 e. The Morgan fingerprint density at radius 1 is 1.17 bits per heavy atom. The van der Waals surface area contributed by atoms with E-state index in [0.29, 0.717) is 37.8 Å². The number of aryl methyl sites for hydroxylation is 1. The molecule has 0 aliphatic carbocycles. The van der Waals surface area contributed by atoms with Gasteiger partial charge in [0.05, 0.1) is 18.1 Å². The molecule has 1 N–H and O–H groups in total. The molecule has 2 aromatic carbocycles. The van der Waals surface area contributed by atoms with E-state index in [1.807, 2.05) is 24.3 Å². The van der Waals surface area contributed by atoms with E-state index in [2.05, 4.69) is 19.2 Å². The third kappa shape index (κ3) is 4.69. The fourth-order valence-corrected chi connectivity index (χ4v) is 4.83. The van der Waals surface area contributed by atoms with E-state index in [4.69, 9.17) is 4.74 Å². The first-order valence-electron chi connectivity index (χ1n) is 9.93. The van der Waals surface area contributed by atoms with Gasteiger partial charge in [0.25, 0.3) is 5.91 Å². The van der Waals surface area contributed by atoms with E-state index in [0.717, 1.165) is 23.2 Å². The van der Waals surface area contributed by atoms with Crippen molar-refractivity contribution in [3.05, 3.63) is 59.2 Å². The Hall–Kier alpha value is -2.22. The number of anilines is 1. The van der Waals surface area contributed by atoms with Gasteiger partial charge in [-0.05, 0) is 48.6 Å². The van der Waals surface area contributed by atoms with Crippen molar-refractivity contribution in [1.29, 1.82) is 0 Å². The van der Waals surface area contributed by atoms with Crippen molar-refractivity contribution in [1.82, 2.24) is 4.31 Å². The van der Waals surface area contributed by atoms with Crippen LogP contribution in [0.1, 0.15) is 47.7 Å². The molecule has 1 heterocycles. The van der Waals surface area contributed by atoms with Crippen LogP contribution in [0.25, 0.3) is 0 Å². The maximum atomic E-state index is 13.0. The van der Waals surface area contributed by atoms with Gasteiger partial charge in [0.1, 0.15) is 0 Å². The van der Waals surface area contributed by atoms with Gasteiger partial charge in [-0.3, -0.25) is 4.79 Å². The fourth-order valence-electron chi connectivity index (χ4n) is 3.39. The summed E-state index contributed by atoms with van der Waals surface area (Å²) >= 11 is 0. The highest BCUT2D eigenvalue weighted by Crippen LogP contribution is 2.28. The van der Waals surface area contributed by atoms with Crippen LogP contribution in [0.5, 0.6) is 0 Å². The number of morpholine rings is 1. The Kier molecular flexibility index (Phi) is 6.72. The van der Waals surface area contributed by atoms with Crippen LogP contribution in [-0.4, -0.2) is 44.9 Å². The van der Waals surface area contributed by atoms with E-state index in [9.17, 15) is 13.2 Å². The number of hydrogen-bond donors (Lipinski definition) is 1. The maximum Gasteiger partial charge on any atom is 0.255 e. The molecule has 1 saturated heterocycles. The van der Waals surface area contributed by atoms with Gasteiger partial charge in [-0.25, -0.2) is 8.42 Å². The minimum atomic E-state index is -3.66. The molecule has 3 rings (SSSR count). The molecule has 1 atom stereocenters. The Labute approximate surface area is 172 Å². The summed E-state index contributed by atoms with van der Waals surface area (Å²) in [6.07, 6.45) is 0.958. The molecule has 0 saturated carbocycles. The zero-order valence-corrected chi connectivity index (χ0v) is 18.0. The monoisotopic (exact) mass is 416 g/mol. The number of carbonyl (C=O) groups is 1. The summed E-state index contributed by atoms with van der Waals surface area (Å²) in [5.74, 6) is -0.00194. The molecule has 0 aromatic heterocycles. The summed E-state index contributed by atoms with van der Waals surface area (Å²) in [4.78, 5) is 13.1. The molecule has 6 nitrogen and oxygen atoms in total. The number of carbonyl (C=O) groups excluding carboxylic acids is 1. The van der Waals surface area contributed by atoms with E-state index in [1.54, 1.807) is 19.1 Å². The number of sulfonamides is 1. The Morgan fingerprint density at radius 2 is 1.86 bits per heavy atom. The van der Waals surface area contributed by atoms with Crippen LogP contribution in [0.4, 0.5) is 5.69 Å². The normalized spacial score (nSPS) is 16.4. The standard InChI is InChI=1S/C22H28N2O4S/c1-4-16(2)19-7-5-6-8-21(19)23-22(25)20-15-18(10-9-17(20)3)29(26,27)24-11-13-28-14-12-24/h5-10,15-16H,4,11-14H2,1-3H3,(H,23,25)/t16-/m0/s1. The van der Waals surface area contributed by atoms with Crippen LogP contribution >= 0.6 is 0 Å². The molecule has 0 bridgehead atoms. The predicted molar refractivity (Wildman–Crippen MR) is 114 cm³/mol. The lowest BCUT2D eigenvalue weighted by Crippen LogP contribution is -2.40. The van der Waals surface area contributed by atoms with Crippen molar-refractivity contribution < 1.29 is 17.9 Å². The van der Waals surface area contributed by atoms with E-state index in [1.165, 1.54) is 10.4 Å². The average Bonchev–Trinajstić information content (AvgIpc) is 2.74. The quantitative estimate of drug-likeness (QED) is 0.778. The first-order chi connectivity index (χ1) is 13.8. The topological polar surface area (TPSA) is 75.7 Å².